The highest BCUT2D eigenvalue weighted by atomic mass is 32.2. The Morgan fingerprint density at radius 1 is 1.45 bits per heavy atom. The smallest absolute Gasteiger partial charge is 0.278 e. The third-order valence-corrected chi connectivity index (χ3v) is 4.79. The van der Waals surface area contributed by atoms with E-state index in [9.17, 15) is 8.42 Å². The highest BCUT2D eigenvalue weighted by molar-refractivity contribution is 7.87. The Labute approximate surface area is 119 Å². The SMILES string of the molecule is COc1ccc2c(c1)OC[C@H](CNS(=O)(=O)N(C)C)C2. The van der Waals surface area contributed by atoms with Crippen LogP contribution < -0.4 is 14.2 Å². The van der Waals surface area contributed by atoms with E-state index in [1.54, 1.807) is 7.11 Å². The molecule has 0 spiro atoms. The van der Waals surface area contributed by atoms with Gasteiger partial charge in [-0.1, -0.05) is 6.07 Å². The Morgan fingerprint density at radius 2 is 2.20 bits per heavy atom. The fourth-order valence-corrected chi connectivity index (χ4v) is 2.73. The maximum atomic E-state index is 11.7. The van der Waals surface area contributed by atoms with E-state index in [2.05, 4.69) is 4.72 Å². The summed E-state index contributed by atoms with van der Waals surface area (Å²) < 4.78 is 37.9. The molecule has 0 saturated heterocycles. The number of hydrogen-bond donors (Lipinski definition) is 1. The maximum Gasteiger partial charge on any atom is 0.278 e. The van der Waals surface area contributed by atoms with Gasteiger partial charge in [0, 0.05) is 32.6 Å². The molecule has 6 nitrogen and oxygen atoms in total. The van der Waals surface area contributed by atoms with Gasteiger partial charge in [0.25, 0.3) is 10.2 Å². The topological polar surface area (TPSA) is 67.9 Å². The van der Waals surface area contributed by atoms with Gasteiger partial charge in [-0.15, -0.1) is 0 Å². The van der Waals surface area contributed by atoms with Crippen molar-refractivity contribution in [2.24, 2.45) is 5.92 Å². The zero-order chi connectivity index (χ0) is 14.8. The average molecular weight is 300 g/mol. The summed E-state index contributed by atoms with van der Waals surface area (Å²) in [6, 6.07) is 5.70. The lowest BCUT2D eigenvalue weighted by Gasteiger charge is -2.26. The molecule has 0 aliphatic carbocycles. The zero-order valence-electron chi connectivity index (χ0n) is 11.9. The van der Waals surface area contributed by atoms with E-state index >= 15 is 0 Å². The number of hydrogen-bond acceptors (Lipinski definition) is 4. The van der Waals surface area contributed by atoms with Crippen molar-refractivity contribution in [2.45, 2.75) is 6.42 Å². The molecular weight excluding hydrogens is 280 g/mol. The van der Waals surface area contributed by atoms with Gasteiger partial charge in [-0.25, -0.2) is 4.72 Å². The standard InChI is InChI=1S/C13H20N2O4S/c1-15(2)20(16,17)14-8-10-6-11-4-5-12(18-3)7-13(11)19-9-10/h4-5,7,10,14H,6,8-9H2,1-3H3/t10-/m0/s1. The summed E-state index contributed by atoms with van der Waals surface area (Å²) in [5.41, 5.74) is 1.08. The lowest BCUT2D eigenvalue weighted by Crippen LogP contribution is -2.40. The molecular formula is C13H20N2O4S. The summed E-state index contributed by atoms with van der Waals surface area (Å²) in [7, 11) is 1.24. The number of rotatable bonds is 5. The van der Waals surface area contributed by atoms with E-state index in [1.807, 2.05) is 18.2 Å². The van der Waals surface area contributed by atoms with Gasteiger partial charge in [0.2, 0.25) is 0 Å². The Morgan fingerprint density at radius 3 is 2.85 bits per heavy atom. The second-order valence-corrected chi connectivity index (χ2v) is 6.96. The van der Waals surface area contributed by atoms with E-state index < -0.39 is 10.2 Å². The van der Waals surface area contributed by atoms with Gasteiger partial charge < -0.3 is 9.47 Å². The van der Waals surface area contributed by atoms with Crippen LogP contribution in [-0.2, 0) is 16.6 Å². The first-order chi connectivity index (χ1) is 9.42. The van der Waals surface area contributed by atoms with Crippen LogP contribution >= 0.6 is 0 Å². The number of nitrogens with zero attached hydrogens (tertiary/aromatic N) is 1. The predicted octanol–water partition coefficient (Wildman–Crippen LogP) is 0.642. The maximum absolute atomic E-state index is 11.7. The molecule has 1 heterocycles. The quantitative estimate of drug-likeness (QED) is 0.866. The molecule has 7 heteroatoms. The molecule has 1 aliphatic rings. The second-order valence-electron chi connectivity index (χ2n) is 4.99. The Balaban J connectivity index is 1.98. The average Bonchev–Trinajstić information content (AvgIpc) is 2.44. The van der Waals surface area contributed by atoms with Gasteiger partial charge in [-0.2, -0.15) is 12.7 Å². The first-order valence-corrected chi connectivity index (χ1v) is 7.83. The van der Waals surface area contributed by atoms with Gasteiger partial charge in [-0.3, -0.25) is 0 Å². The molecule has 0 amide bonds. The molecule has 1 aromatic carbocycles. The molecule has 112 valence electrons. The molecule has 1 atom stereocenters. The lowest BCUT2D eigenvalue weighted by atomic mass is 9.97. The Kier molecular flexibility index (Phi) is 4.52. The fourth-order valence-electron chi connectivity index (χ4n) is 2.03. The largest absolute Gasteiger partial charge is 0.497 e. The fraction of sp³-hybridized carbons (Fsp3) is 0.538. The molecule has 1 aromatic rings. The van der Waals surface area contributed by atoms with E-state index in [0.717, 1.165) is 27.8 Å². The van der Waals surface area contributed by atoms with Gasteiger partial charge >= 0.3 is 0 Å². The number of methoxy groups -OCH3 is 1. The zero-order valence-corrected chi connectivity index (χ0v) is 12.7. The molecule has 0 aromatic heterocycles. The number of nitrogens with one attached hydrogen (secondary N) is 1. The Hall–Kier alpha value is -1.31. The molecule has 1 N–H and O–H groups in total. The summed E-state index contributed by atoms with van der Waals surface area (Å²) in [6.45, 7) is 0.863. The predicted molar refractivity (Wildman–Crippen MR) is 76.3 cm³/mol. The van der Waals surface area contributed by atoms with Crippen molar-refractivity contribution in [2.75, 3.05) is 34.4 Å². The molecule has 2 rings (SSSR count). The molecule has 1 aliphatic heterocycles. The van der Waals surface area contributed by atoms with Crippen LogP contribution in [0.5, 0.6) is 11.5 Å². The molecule has 0 unspecified atom stereocenters. The van der Waals surface area contributed by atoms with E-state index in [-0.39, 0.29) is 5.92 Å². The lowest BCUT2D eigenvalue weighted by molar-refractivity contribution is 0.222. The highest BCUT2D eigenvalue weighted by Crippen LogP contribution is 2.30. The summed E-state index contributed by atoms with van der Waals surface area (Å²) in [5, 5.41) is 0. The van der Waals surface area contributed by atoms with Crippen LogP contribution in [-0.4, -0.2) is 47.1 Å². The molecule has 0 saturated carbocycles. The minimum absolute atomic E-state index is 0.130. The van der Waals surface area contributed by atoms with Crippen molar-refractivity contribution in [3.63, 3.8) is 0 Å². The molecule has 0 bridgehead atoms. The van der Waals surface area contributed by atoms with Crippen molar-refractivity contribution < 1.29 is 17.9 Å². The second kappa shape index (κ2) is 5.99. The number of ether oxygens (including phenoxy) is 2. The Bertz CT molecular complexity index is 572. The summed E-state index contributed by atoms with van der Waals surface area (Å²) in [4.78, 5) is 0. The van der Waals surface area contributed by atoms with Crippen LogP contribution in [0.1, 0.15) is 5.56 Å². The van der Waals surface area contributed by atoms with Crippen LogP contribution in [0.4, 0.5) is 0 Å². The van der Waals surface area contributed by atoms with Crippen LogP contribution in [0.3, 0.4) is 0 Å². The van der Waals surface area contributed by atoms with Gasteiger partial charge in [0.05, 0.1) is 13.7 Å². The first-order valence-electron chi connectivity index (χ1n) is 6.39. The van der Waals surface area contributed by atoms with E-state index in [1.165, 1.54) is 14.1 Å². The minimum atomic E-state index is -3.38. The monoisotopic (exact) mass is 300 g/mol. The van der Waals surface area contributed by atoms with Gasteiger partial charge in [0.15, 0.2) is 0 Å². The summed E-state index contributed by atoms with van der Waals surface area (Å²) in [5.74, 6) is 1.71. The van der Waals surface area contributed by atoms with Crippen LogP contribution in [0.25, 0.3) is 0 Å². The number of benzene rings is 1. The summed E-state index contributed by atoms with van der Waals surface area (Å²) in [6.07, 6.45) is 0.787. The van der Waals surface area contributed by atoms with Crippen molar-refractivity contribution in [1.29, 1.82) is 0 Å². The first kappa shape index (κ1) is 15.1. The van der Waals surface area contributed by atoms with Gasteiger partial charge in [-0.05, 0) is 18.1 Å². The van der Waals surface area contributed by atoms with Crippen molar-refractivity contribution in [3.05, 3.63) is 23.8 Å². The highest BCUT2D eigenvalue weighted by Gasteiger charge is 2.22. The summed E-state index contributed by atoms with van der Waals surface area (Å²) >= 11 is 0. The van der Waals surface area contributed by atoms with E-state index in [0.29, 0.717) is 13.2 Å². The van der Waals surface area contributed by atoms with Crippen molar-refractivity contribution >= 4 is 10.2 Å². The van der Waals surface area contributed by atoms with Crippen LogP contribution in [0.2, 0.25) is 0 Å². The van der Waals surface area contributed by atoms with E-state index in [4.69, 9.17) is 9.47 Å². The van der Waals surface area contributed by atoms with Crippen LogP contribution in [0.15, 0.2) is 18.2 Å². The molecule has 0 radical (unpaired) electrons. The normalized spacial score (nSPS) is 18.5. The van der Waals surface area contributed by atoms with Crippen LogP contribution in [0, 0.1) is 5.92 Å². The molecule has 20 heavy (non-hydrogen) atoms. The number of fused-ring (bicyclic) bond motifs is 1. The third kappa shape index (κ3) is 3.41. The molecule has 0 fully saturated rings. The van der Waals surface area contributed by atoms with Crippen molar-refractivity contribution in [1.82, 2.24) is 9.03 Å². The van der Waals surface area contributed by atoms with Gasteiger partial charge in [0.1, 0.15) is 11.5 Å². The van der Waals surface area contributed by atoms with Crippen molar-refractivity contribution in [3.8, 4) is 11.5 Å². The third-order valence-electron chi connectivity index (χ3n) is 3.29. The minimum Gasteiger partial charge on any atom is -0.497 e.